The number of imidazole rings is 1. The van der Waals surface area contributed by atoms with E-state index in [0.717, 1.165) is 62.3 Å². The van der Waals surface area contributed by atoms with Crippen molar-refractivity contribution in [3.63, 3.8) is 0 Å². The van der Waals surface area contributed by atoms with E-state index in [-0.39, 0.29) is 17.2 Å². The highest BCUT2D eigenvalue weighted by molar-refractivity contribution is 7.12. The molecule has 0 aromatic carbocycles. The molecule has 1 saturated heterocycles. The van der Waals surface area contributed by atoms with E-state index in [0.29, 0.717) is 6.42 Å². The molecule has 6 nitrogen and oxygen atoms in total. The third-order valence-electron chi connectivity index (χ3n) is 6.19. The van der Waals surface area contributed by atoms with Crippen molar-refractivity contribution in [1.29, 1.82) is 0 Å². The number of likely N-dealkylation sites (tertiary alicyclic amines) is 1. The van der Waals surface area contributed by atoms with Crippen molar-refractivity contribution in [3.8, 4) is 0 Å². The number of carbonyl (C=O) groups excluding carboxylic acids is 2. The van der Waals surface area contributed by atoms with Crippen LogP contribution in [-0.4, -0.2) is 57.6 Å². The molecule has 2 aromatic rings. The monoisotopic (exact) mass is 400 g/mol. The van der Waals surface area contributed by atoms with Gasteiger partial charge in [-0.05, 0) is 49.7 Å². The lowest BCUT2D eigenvalue weighted by atomic mass is 9.78. The maximum atomic E-state index is 12.8. The van der Waals surface area contributed by atoms with Crippen molar-refractivity contribution in [2.75, 3.05) is 26.2 Å². The lowest BCUT2D eigenvalue weighted by Gasteiger charge is -2.50. The first kappa shape index (κ1) is 19.3. The molecule has 0 atom stereocenters. The summed E-state index contributed by atoms with van der Waals surface area (Å²) >= 11 is 1.42. The Morgan fingerprint density at radius 1 is 1.29 bits per heavy atom. The fourth-order valence-electron chi connectivity index (χ4n) is 4.74. The van der Waals surface area contributed by atoms with Crippen LogP contribution < -0.4 is 0 Å². The van der Waals surface area contributed by atoms with E-state index in [4.69, 9.17) is 4.98 Å². The molecule has 7 heteroatoms. The molecule has 0 saturated carbocycles. The molecule has 150 valence electrons. The number of aromatic amines is 1. The fourth-order valence-corrected chi connectivity index (χ4v) is 5.55. The molecule has 4 heterocycles. The minimum atomic E-state index is -0.0371. The zero-order valence-electron chi connectivity index (χ0n) is 16.7. The van der Waals surface area contributed by atoms with Gasteiger partial charge in [0, 0.05) is 31.7 Å². The molecule has 4 rings (SSSR count). The maximum absolute atomic E-state index is 12.8. The number of fused-ring (bicyclic) bond motifs is 2. The number of thiophene rings is 1. The molecule has 2 aliphatic rings. The van der Waals surface area contributed by atoms with Crippen molar-refractivity contribution in [2.45, 2.75) is 51.5 Å². The van der Waals surface area contributed by atoms with E-state index in [2.05, 4.69) is 16.8 Å². The Bertz CT molecular complexity index is 863. The van der Waals surface area contributed by atoms with Crippen molar-refractivity contribution in [1.82, 2.24) is 19.8 Å². The van der Waals surface area contributed by atoms with Gasteiger partial charge in [0.1, 0.15) is 0 Å². The highest BCUT2D eigenvalue weighted by Gasteiger charge is 2.46. The van der Waals surface area contributed by atoms with Crippen molar-refractivity contribution < 1.29 is 9.59 Å². The molecule has 0 aliphatic carbocycles. The Hall–Kier alpha value is -1.99. The minimum absolute atomic E-state index is 0.0371. The third-order valence-corrected chi connectivity index (χ3v) is 7.27. The lowest BCUT2D eigenvalue weighted by molar-refractivity contribution is -0.133. The molecule has 1 spiro atoms. The molecular weight excluding hydrogens is 372 g/mol. The van der Waals surface area contributed by atoms with E-state index in [1.807, 2.05) is 22.7 Å². The van der Waals surface area contributed by atoms with Crippen LogP contribution in [0.2, 0.25) is 0 Å². The fraction of sp³-hybridized carbons (Fsp3) is 0.571. The quantitative estimate of drug-likeness (QED) is 0.784. The zero-order valence-corrected chi connectivity index (χ0v) is 17.5. The summed E-state index contributed by atoms with van der Waals surface area (Å²) in [6.45, 7) is 7.44. The summed E-state index contributed by atoms with van der Waals surface area (Å²) in [5.74, 6) is 0.217. The summed E-state index contributed by atoms with van der Waals surface area (Å²) in [6, 6.07) is 1.86. The zero-order chi connectivity index (χ0) is 19.7. The van der Waals surface area contributed by atoms with Crippen LogP contribution in [0.1, 0.15) is 59.7 Å². The van der Waals surface area contributed by atoms with Gasteiger partial charge in [-0.1, -0.05) is 6.92 Å². The number of Topliss-reactive ketones (excluding diaryl/α,β-unsaturated/α-hetero) is 1. The Kier molecular flexibility index (Phi) is 5.38. The summed E-state index contributed by atoms with van der Waals surface area (Å²) in [7, 11) is 0. The number of aromatic nitrogens is 2. The van der Waals surface area contributed by atoms with Crippen LogP contribution in [0.15, 0.2) is 17.8 Å². The number of nitrogens with one attached hydrogen (secondary N) is 1. The van der Waals surface area contributed by atoms with Gasteiger partial charge in [0.25, 0.3) is 0 Å². The Labute approximate surface area is 169 Å². The number of H-pyrrole nitrogens is 1. The summed E-state index contributed by atoms with van der Waals surface area (Å²) < 4.78 is 0. The van der Waals surface area contributed by atoms with Crippen LogP contribution in [0, 0.1) is 0 Å². The standard InChI is InChI=1S/C21H28N4O2S/c1-3-7-25-8-4-17-20(23-14-22-17)21(25)5-9-24(10-6-21)19(27)12-16-11-18(15(2)26)28-13-16/h11,13-14H,3-10,12H2,1-2H3,(H,22,23). The average molecular weight is 401 g/mol. The van der Waals surface area contributed by atoms with Gasteiger partial charge in [0.2, 0.25) is 5.91 Å². The number of piperidine rings is 1. The molecule has 0 unspecified atom stereocenters. The first-order valence-corrected chi connectivity index (χ1v) is 11.1. The van der Waals surface area contributed by atoms with Crippen LogP contribution in [-0.2, 0) is 23.2 Å². The molecule has 1 amide bonds. The SMILES string of the molecule is CCCN1CCc2[nH]cnc2C12CCN(C(=O)Cc1csc(C(C)=O)c1)CC2. The summed E-state index contributed by atoms with van der Waals surface area (Å²) in [4.78, 5) is 37.6. The number of hydrogen-bond acceptors (Lipinski definition) is 5. The van der Waals surface area contributed by atoms with Gasteiger partial charge in [-0.25, -0.2) is 4.98 Å². The first-order chi connectivity index (χ1) is 13.5. The Balaban J connectivity index is 1.45. The van der Waals surface area contributed by atoms with Crippen molar-refractivity contribution in [2.24, 2.45) is 0 Å². The van der Waals surface area contributed by atoms with Gasteiger partial charge in [-0.3, -0.25) is 14.5 Å². The van der Waals surface area contributed by atoms with Gasteiger partial charge in [-0.15, -0.1) is 11.3 Å². The van der Waals surface area contributed by atoms with Gasteiger partial charge in [0.05, 0.1) is 28.9 Å². The highest BCUT2D eigenvalue weighted by atomic mass is 32.1. The molecule has 1 fully saturated rings. The predicted octanol–water partition coefficient (Wildman–Crippen LogP) is 3.00. The van der Waals surface area contributed by atoms with Crippen molar-refractivity contribution >= 4 is 23.0 Å². The van der Waals surface area contributed by atoms with Crippen LogP contribution in [0.4, 0.5) is 0 Å². The molecule has 28 heavy (non-hydrogen) atoms. The third kappa shape index (κ3) is 3.42. The minimum Gasteiger partial charge on any atom is -0.348 e. The molecular formula is C21H28N4O2S. The second-order valence-electron chi connectivity index (χ2n) is 7.93. The summed E-state index contributed by atoms with van der Waals surface area (Å²) in [5, 5.41) is 1.93. The van der Waals surface area contributed by atoms with Crippen LogP contribution in [0.3, 0.4) is 0 Å². The van der Waals surface area contributed by atoms with Crippen LogP contribution >= 0.6 is 11.3 Å². The normalized spacial score (nSPS) is 19.0. The maximum Gasteiger partial charge on any atom is 0.227 e. The molecule has 0 bridgehead atoms. The van der Waals surface area contributed by atoms with E-state index < -0.39 is 0 Å². The van der Waals surface area contributed by atoms with E-state index in [1.54, 1.807) is 6.92 Å². The van der Waals surface area contributed by atoms with Gasteiger partial charge < -0.3 is 9.88 Å². The number of amides is 1. The Morgan fingerprint density at radius 3 is 2.75 bits per heavy atom. The average Bonchev–Trinajstić information content (AvgIpc) is 3.35. The smallest absolute Gasteiger partial charge is 0.227 e. The van der Waals surface area contributed by atoms with E-state index >= 15 is 0 Å². The lowest BCUT2D eigenvalue weighted by Crippen LogP contribution is -2.57. The van der Waals surface area contributed by atoms with Gasteiger partial charge >= 0.3 is 0 Å². The molecule has 2 aliphatic heterocycles. The Morgan fingerprint density at radius 2 is 2.07 bits per heavy atom. The predicted molar refractivity (Wildman–Crippen MR) is 110 cm³/mol. The van der Waals surface area contributed by atoms with E-state index in [1.165, 1.54) is 22.7 Å². The molecule has 0 radical (unpaired) electrons. The van der Waals surface area contributed by atoms with Gasteiger partial charge in [0.15, 0.2) is 5.78 Å². The molecule has 1 N–H and O–H groups in total. The van der Waals surface area contributed by atoms with Crippen LogP contribution in [0.25, 0.3) is 0 Å². The highest BCUT2D eigenvalue weighted by Crippen LogP contribution is 2.42. The van der Waals surface area contributed by atoms with Crippen molar-refractivity contribution in [3.05, 3.63) is 39.6 Å². The largest absolute Gasteiger partial charge is 0.348 e. The van der Waals surface area contributed by atoms with Gasteiger partial charge in [-0.2, -0.15) is 0 Å². The molecule has 2 aromatic heterocycles. The van der Waals surface area contributed by atoms with E-state index in [9.17, 15) is 9.59 Å². The number of ketones is 1. The topological polar surface area (TPSA) is 69.3 Å². The first-order valence-electron chi connectivity index (χ1n) is 10.2. The number of nitrogens with zero attached hydrogens (tertiary/aromatic N) is 3. The summed E-state index contributed by atoms with van der Waals surface area (Å²) in [6.07, 6.45) is 6.21. The summed E-state index contributed by atoms with van der Waals surface area (Å²) in [5.41, 5.74) is 3.37. The number of hydrogen-bond donors (Lipinski definition) is 1. The van der Waals surface area contributed by atoms with Crippen LogP contribution in [0.5, 0.6) is 0 Å². The second kappa shape index (κ2) is 7.79. The number of rotatable bonds is 5. The second-order valence-corrected chi connectivity index (χ2v) is 8.84. The number of carbonyl (C=O) groups is 2.